The average molecular weight is 282 g/mol. The molecule has 18 heavy (non-hydrogen) atoms. The molecule has 0 atom stereocenters. The number of hydrogen-bond acceptors (Lipinski definition) is 1. The zero-order valence-electron chi connectivity index (χ0n) is 9.80. The molecule has 1 aromatic heterocycles. The summed E-state index contributed by atoms with van der Waals surface area (Å²) in [5.41, 5.74) is 1.62. The van der Waals surface area contributed by atoms with Crippen LogP contribution >= 0.6 is 23.2 Å². The second-order valence-corrected chi connectivity index (χ2v) is 5.66. The Morgan fingerprint density at radius 1 is 1.11 bits per heavy atom. The summed E-state index contributed by atoms with van der Waals surface area (Å²) in [5, 5.41) is 1.49. The predicted molar refractivity (Wildman–Crippen MR) is 75.8 cm³/mol. The second kappa shape index (κ2) is 4.60. The minimum absolute atomic E-state index is 0.0434. The van der Waals surface area contributed by atoms with Crippen LogP contribution in [0.4, 0.5) is 0 Å². The smallest absolute Gasteiger partial charge is 0.191 e. The van der Waals surface area contributed by atoms with Crippen LogP contribution in [0.2, 0.25) is 10.0 Å². The highest BCUT2D eigenvalue weighted by Gasteiger charge is 2.19. The molecule has 1 aliphatic carbocycles. The Hall–Kier alpha value is -0.990. The molecule has 0 unspecified atom stereocenters. The van der Waals surface area contributed by atoms with E-state index in [-0.39, 0.29) is 5.43 Å². The van der Waals surface area contributed by atoms with Gasteiger partial charge in [-0.2, -0.15) is 0 Å². The molecule has 4 heteroatoms. The van der Waals surface area contributed by atoms with Gasteiger partial charge in [-0.05, 0) is 30.9 Å². The fourth-order valence-corrected chi connectivity index (χ4v) is 3.22. The first-order valence-corrected chi connectivity index (χ1v) is 6.93. The predicted octanol–water partition coefficient (Wildman–Crippen LogP) is 4.49. The lowest BCUT2D eigenvalue weighted by atomic mass is 10.0. The number of fused-ring (bicyclic) bond motifs is 1. The first-order chi connectivity index (χ1) is 8.66. The van der Waals surface area contributed by atoms with Crippen LogP contribution in [0.5, 0.6) is 0 Å². The molecule has 1 N–H and O–H groups in total. The summed E-state index contributed by atoms with van der Waals surface area (Å²) in [7, 11) is 0. The fourth-order valence-electron chi connectivity index (χ4n) is 2.77. The van der Waals surface area contributed by atoms with Gasteiger partial charge in [0.25, 0.3) is 0 Å². The molecule has 3 rings (SSSR count). The topological polar surface area (TPSA) is 32.9 Å². The van der Waals surface area contributed by atoms with Gasteiger partial charge in [0.1, 0.15) is 0 Å². The van der Waals surface area contributed by atoms with E-state index < -0.39 is 0 Å². The molecular formula is C14H13Cl2NO. The maximum atomic E-state index is 12.2. The monoisotopic (exact) mass is 281 g/mol. The van der Waals surface area contributed by atoms with Gasteiger partial charge in [-0.25, -0.2) is 0 Å². The molecule has 0 saturated heterocycles. The third kappa shape index (κ3) is 1.94. The van der Waals surface area contributed by atoms with Crippen LogP contribution in [-0.2, 0) is 0 Å². The van der Waals surface area contributed by atoms with E-state index in [0.717, 1.165) is 18.5 Å². The van der Waals surface area contributed by atoms with Crippen LogP contribution in [0, 0.1) is 0 Å². The minimum Gasteiger partial charge on any atom is -0.357 e. The lowest BCUT2D eigenvalue weighted by molar-refractivity contribution is 0.700. The number of aromatic amines is 1. The fraction of sp³-hybridized carbons (Fsp3) is 0.357. The Morgan fingerprint density at radius 2 is 1.78 bits per heavy atom. The number of aromatic nitrogens is 1. The molecule has 1 aromatic carbocycles. The Labute approximate surface area is 115 Å². The van der Waals surface area contributed by atoms with Crippen LogP contribution in [-0.4, -0.2) is 4.98 Å². The number of H-pyrrole nitrogens is 1. The third-order valence-corrected chi connectivity index (χ3v) is 4.33. The van der Waals surface area contributed by atoms with Crippen molar-refractivity contribution in [3.05, 3.63) is 44.2 Å². The van der Waals surface area contributed by atoms with Crippen molar-refractivity contribution in [1.82, 2.24) is 4.98 Å². The van der Waals surface area contributed by atoms with Gasteiger partial charge in [-0.1, -0.05) is 36.0 Å². The van der Waals surface area contributed by atoms with Gasteiger partial charge >= 0.3 is 0 Å². The van der Waals surface area contributed by atoms with E-state index in [1.165, 1.54) is 12.8 Å². The van der Waals surface area contributed by atoms with Crippen molar-refractivity contribution in [2.24, 2.45) is 0 Å². The van der Waals surface area contributed by atoms with Crippen molar-refractivity contribution in [2.45, 2.75) is 31.6 Å². The molecule has 0 amide bonds. The lowest BCUT2D eigenvalue weighted by Crippen LogP contribution is -2.08. The van der Waals surface area contributed by atoms with Crippen molar-refractivity contribution in [1.29, 1.82) is 0 Å². The molecule has 1 aliphatic rings. The van der Waals surface area contributed by atoms with E-state index in [0.29, 0.717) is 26.9 Å². The molecule has 94 valence electrons. The first-order valence-electron chi connectivity index (χ1n) is 6.18. The zero-order valence-corrected chi connectivity index (χ0v) is 11.3. The summed E-state index contributed by atoms with van der Waals surface area (Å²) in [5.74, 6) is 0.456. The Balaban J connectivity index is 2.26. The van der Waals surface area contributed by atoms with Crippen molar-refractivity contribution >= 4 is 34.1 Å². The van der Waals surface area contributed by atoms with E-state index in [9.17, 15) is 4.79 Å². The van der Waals surface area contributed by atoms with Crippen LogP contribution in [0.15, 0.2) is 23.0 Å². The van der Waals surface area contributed by atoms with Crippen molar-refractivity contribution in [3.8, 4) is 0 Å². The van der Waals surface area contributed by atoms with Gasteiger partial charge in [0.05, 0.1) is 20.9 Å². The highest BCUT2D eigenvalue weighted by Crippen LogP contribution is 2.34. The van der Waals surface area contributed by atoms with Crippen molar-refractivity contribution in [2.75, 3.05) is 0 Å². The molecule has 2 nitrogen and oxygen atoms in total. The average Bonchev–Trinajstić information content (AvgIpc) is 2.87. The first kappa shape index (κ1) is 12.1. The lowest BCUT2D eigenvalue weighted by Gasteiger charge is -2.11. The Morgan fingerprint density at radius 3 is 2.50 bits per heavy atom. The number of nitrogens with one attached hydrogen (secondary N) is 1. The molecular weight excluding hydrogens is 269 g/mol. The van der Waals surface area contributed by atoms with Gasteiger partial charge in [0.2, 0.25) is 0 Å². The summed E-state index contributed by atoms with van der Waals surface area (Å²) in [6.45, 7) is 0. The summed E-state index contributed by atoms with van der Waals surface area (Å²) in [4.78, 5) is 15.5. The Kier molecular flexibility index (Phi) is 3.08. The zero-order chi connectivity index (χ0) is 12.7. The van der Waals surface area contributed by atoms with Crippen LogP contribution < -0.4 is 5.43 Å². The highest BCUT2D eigenvalue weighted by atomic mass is 35.5. The molecule has 1 fully saturated rings. The van der Waals surface area contributed by atoms with Gasteiger partial charge in [0.15, 0.2) is 5.43 Å². The van der Waals surface area contributed by atoms with Gasteiger partial charge in [0, 0.05) is 11.8 Å². The van der Waals surface area contributed by atoms with E-state index in [1.807, 2.05) is 0 Å². The highest BCUT2D eigenvalue weighted by molar-refractivity contribution is 6.39. The molecule has 0 bridgehead atoms. The van der Waals surface area contributed by atoms with E-state index in [2.05, 4.69) is 4.98 Å². The van der Waals surface area contributed by atoms with Crippen LogP contribution in [0.25, 0.3) is 10.9 Å². The number of rotatable bonds is 1. The van der Waals surface area contributed by atoms with E-state index >= 15 is 0 Å². The number of pyridine rings is 1. The SMILES string of the molecule is O=c1cc(C2CCCC2)[nH]c2c(Cl)ccc(Cl)c12. The maximum absolute atomic E-state index is 12.2. The standard InChI is InChI=1S/C14H13Cl2NO/c15-9-5-6-10(16)14-13(9)12(18)7-11(17-14)8-3-1-2-4-8/h5-8H,1-4H2,(H,17,18). The summed E-state index contributed by atoms with van der Waals surface area (Å²) in [6, 6.07) is 5.07. The second-order valence-electron chi connectivity index (χ2n) is 4.85. The number of halogens is 2. The number of benzene rings is 1. The summed E-state index contributed by atoms with van der Waals surface area (Å²) in [6.07, 6.45) is 4.74. The van der Waals surface area contributed by atoms with Crippen molar-refractivity contribution < 1.29 is 0 Å². The van der Waals surface area contributed by atoms with Gasteiger partial charge < -0.3 is 4.98 Å². The molecule has 1 saturated carbocycles. The minimum atomic E-state index is -0.0434. The van der Waals surface area contributed by atoms with Crippen LogP contribution in [0.3, 0.4) is 0 Å². The molecule has 0 radical (unpaired) electrons. The molecule has 0 spiro atoms. The van der Waals surface area contributed by atoms with E-state index in [4.69, 9.17) is 23.2 Å². The van der Waals surface area contributed by atoms with E-state index in [1.54, 1.807) is 18.2 Å². The molecule has 1 heterocycles. The molecule has 0 aliphatic heterocycles. The summed E-state index contributed by atoms with van der Waals surface area (Å²) >= 11 is 12.2. The number of hydrogen-bond donors (Lipinski definition) is 1. The van der Waals surface area contributed by atoms with Crippen LogP contribution in [0.1, 0.15) is 37.3 Å². The van der Waals surface area contributed by atoms with Crippen molar-refractivity contribution in [3.63, 3.8) is 0 Å². The normalized spacial score (nSPS) is 16.6. The largest absolute Gasteiger partial charge is 0.357 e. The molecule has 2 aromatic rings. The third-order valence-electron chi connectivity index (χ3n) is 3.70. The van der Waals surface area contributed by atoms with Gasteiger partial charge in [-0.3, -0.25) is 4.79 Å². The van der Waals surface area contributed by atoms with Gasteiger partial charge in [-0.15, -0.1) is 0 Å². The Bertz CT molecular complexity index is 657. The maximum Gasteiger partial charge on any atom is 0.191 e. The summed E-state index contributed by atoms with van der Waals surface area (Å²) < 4.78 is 0. The quantitative estimate of drug-likeness (QED) is 0.821.